The molecule has 0 saturated heterocycles. The van der Waals surface area contributed by atoms with E-state index in [0.717, 1.165) is 60.7 Å². The van der Waals surface area contributed by atoms with E-state index in [0.29, 0.717) is 31.3 Å². The predicted octanol–water partition coefficient (Wildman–Crippen LogP) is 9.44. The average Bonchev–Trinajstić information content (AvgIpc) is 3.36. The third kappa shape index (κ3) is 9.93. The van der Waals surface area contributed by atoms with Crippen molar-refractivity contribution < 1.29 is 14.3 Å². The topological polar surface area (TPSA) is 98.7 Å². The van der Waals surface area contributed by atoms with Crippen LogP contribution in [0.2, 0.25) is 0 Å². The second-order valence-corrected chi connectivity index (χ2v) is 19.7. The highest BCUT2D eigenvalue weighted by Gasteiger charge is 2.59. The Hall–Kier alpha value is -1.40. The number of fused-ring (bicyclic) bond motifs is 5. The van der Waals surface area contributed by atoms with Crippen LogP contribution >= 0.6 is 0 Å². The molecule has 0 aromatic carbocycles. The number of allylic oxidation sites excluding steroid dienone is 1. The van der Waals surface area contributed by atoms with Gasteiger partial charge in [0, 0.05) is 37.0 Å². The molecule has 0 radical (unpaired) electrons. The smallest absolute Gasteiger partial charge is 0.306 e. The Labute approximate surface area is 301 Å². The van der Waals surface area contributed by atoms with E-state index in [9.17, 15) is 9.59 Å². The summed E-state index contributed by atoms with van der Waals surface area (Å²) < 4.78 is 6.08. The fourth-order valence-corrected chi connectivity index (χ4v) is 11.2. The summed E-state index contributed by atoms with van der Waals surface area (Å²) >= 11 is 0. The Bertz CT molecular complexity index is 1130. The predicted molar refractivity (Wildman–Crippen MR) is 204 cm³/mol. The zero-order valence-electron chi connectivity index (χ0n) is 33.5. The monoisotopic (exact) mass is 684 g/mol. The van der Waals surface area contributed by atoms with Gasteiger partial charge in [0.2, 0.25) is 5.91 Å². The van der Waals surface area contributed by atoms with E-state index in [-0.39, 0.29) is 47.3 Å². The number of esters is 1. The lowest BCUT2D eigenvalue weighted by molar-refractivity contribution is -0.153. The highest BCUT2D eigenvalue weighted by molar-refractivity contribution is 5.81. The van der Waals surface area contributed by atoms with Crippen LogP contribution in [0.15, 0.2) is 11.6 Å². The largest absolute Gasteiger partial charge is 0.462 e. The molecule has 4 N–H and O–H groups in total. The lowest BCUT2D eigenvalue weighted by Gasteiger charge is -2.58. The van der Waals surface area contributed by atoms with E-state index in [1.807, 2.05) is 32.6 Å². The maximum Gasteiger partial charge on any atom is 0.306 e. The van der Waals surface area contributed by atoms with Gasteiger partial charge >= 0.3 is 5.97 Å². The highest BCUT2D eigenvalue weighted by atomic mass is 16.5. The molecule has 0 heterocycles. The molecule has 1 amide bonds. The Morgan fingerprint density at radius 3 is 2.16 bits per heavy atom. The van der Waals surface area contributed by atoms with Gasteiger partial charge in [0.05, 0.1) is 6.42 Å². The molecular formula is C43H77N3O3. The molecule has 4 rings (SSSR count). The van der Waals surface area contributed by atoms with Gasteiger partial charge in [-0.05, 0) is 144 Å². The highest BCUT2D eigenvalue weighted by Crippen LogP contribution is 2.67. The summed E-state index contributed by atoms with van der Waals surface area (Å²) in [5, 5.41) is 0. The summed E-state index contributed by atoms with van der Waals surface area (Å²) in [6, 6.07) is 0. The van der Waals surface area contributed by atoms with Crippen molar-refractivity contribution in [3.63, 3.8) is 0 Å². The van der Waals surface area contributed by atoms with Crippen LogP contribution < -0.4 is 11.5 Å². The number of amides is 1. The molecule has 0 bridgehead atoms. The van der Waals surface area contributed by atoms with Gasteiger partial charge in [0.1, 0.15) is 6.10 Å². The molecule has 6 nitrogen and oxygen atoms in total. The first-order chi connectivity index (χ1) is 22.8. The number of carbonyl (C=O) groups excluding carboxylic acids is 2. The molecule has 0 aromatic heterocycles. The first-order valence-electron chi connectivity index (χ1n) is 20.5. The van der Waals surface area contributed by atoms with Gasteiger partial charge in [-0.1, -0.05) is 66.0 Å². The molecule has 0 spiro atoms. The van der Waals surface area contributed by atoms with E-state index in [2.05, 4.69) is 47.6 Å². The summed E-state index contributed by atoms with van der Waals surface area (Å²) in [4.78, 5) is 28.1. The van der Waals surface area contributed by atoms with Gasteiger partial charge < -0.3 is 21.1 Å². The molecular weight excluding hydrogens is 606 g/mol. The lowest BCUT2D eigenvalue weighted by atomic mass is 9.47. The standard InChI is InChI=1S/C43H77N3O3/c1-11-31(29(2)3)13-12-30(4)35-16-17-36-34-15-14-32-28-33(20-22-42(32,9)37(34)21-23-43(35,36)10)49-39(48)19-18-38(47)46(26-24-40(5,6)44)27-25-41(7,8)45/h14,29-31,33-37H,11-13,15-28,44-45H2,1-10H3/t30-,31-,33?,34?,35?,36?,37?,42?,43?/m1/s1. The van der Waals surface area contributed by atoms with Gasteiger partial charge in [-0.2, -0.15) is 0 Å². The van der Waals surface area contributed by atoms with Crippen molar-refractivity contribution in [3.05, 3.63) is 11.6 Å². The van der Waals surface area contributed by atoms with Gasteiger partial charge in [-0.3, -0.25) is 9.59 Å². The van der Waals surface area contributed by atoms with Crippen LogP contribution in [0.5, 0.6) is 0 Å². The van der Waals surface area contributed by atoms with E-state index >= 15 is 0 Å². The van der Waals surface area contributed by atoms with Crippen LogP contribution in [-0.2, 0) is 14.3 Å². The Morgan fingerprint density at radius 1 is 0.918 bits per heavy atom. The average molecular weight is 684 g/mol. The molecule has 0 aliphatic heterocycles. The molecule has 6 heteroatoms. The first-order valence-corrected chi connectivity index (χ1v) is 20.5. The molecule has 3 saturated carbocycles. The zero-order valence-corrected chi connectivity index (χ0v) is 33.5. The van der Waals surface area contributed by atoms with Gasteiger partial charge in [0.15, 0.2) is 0 Å². The number of rotatable bonds is 16. The van der Waals surface area contributed by atoms with Crippen molar-refractivity contribution in [3.8, 4) is 0 Å². The van der Waals surface area contributed by atoms with E-state index in [1.54, 1.807) is 5.57 Å². The number of nitrogens with two attached hydrogens (primary N) is 2. The summed E-state index contributed by atoms with van der Waals surface area (Å²) in [6.07, 6.45) is 18.0. The minimum absolute atomic E-state index is 0.0174. The summed E-state index contributed by atoms with van der Waals surface area (Å²) in [7, 11) is 0. The van der Waals surface area contributed by atoms with Crippen molar-refractivity contribution in [2.75, 3.05) is 13.1 Å². The van der Waals surface area contributed by atoms with Crippen LogP contribution in [0.1, 0.15) is 166 Å². The molecule has 9 atom stereocenters. The third-order valence-corrected chi connectivity index (χ3v) is 14.5. The quantitative estimate of drug-likeness (QED) is 0.125. The number of nitrogens with zero attached hydrogens (tertiary/aromatic N) is 1. The first kappa shape index (κ1) is 40.4. The molecule has 7 unspecified atom stereocenters. The van der Waals surface area contributed by atoms with Gasteiger partial charge in [0.25, 0.3) is 0 Å². The number of hydrogen-bond acceptors (Lipinski definition) is 5. The van der Waals surface area contributed by atoms with Crippen LogP contribution in [0, 0.1) is 52.3 Å². The lowest BCUT2D eigenvalue weighted by Crippen LogP contribution is -2.51. The molecule has 49 heavy (non-hydrogen) atoms. The van der Waals surface area contributed by atoms with E-state index < -0.39 is 0 Å². The molecule has 282 valence electrons. The van der Waals surface area contributed by atoms with Crippen LogP contribution in [0.25, 0.3) is 0 Å². The molecule has 3 fully saturated rings. The molecule has 4 aliphatic carbocycles. The molecule has 0 aromatic rings. The molecule has 4 aliphatic rings. The maximum atomic E-state index is 13.2. The second-order valence-electron chi connectivity index (χ2n) is 19.7. The third-order valence-electron chi connectivity index (χ3n) is 14.5. The Kier molecular flexibility index (Phi) is 13.3. The van der Waals surface area contributed by atoms with Crippen molar-refractivity contribution in [1.29, 1.82) is 0 Å². The van der Waals surface area contributed by atoms with Crippen LogP contribution in [-0.4, -0.2) is 47.0 Å². The minimum Gasteiger partial charge on any atom is -0.462 e. The van der Waals surface area contributed by atoms with Crippen molar-refractivity contribution >= 4 is 11.9 Å². The maximum absolute atomic E-state index is 13.2. The summed E-state index contributed by atoms with van der Waals surface area (Å²) in [6.45, 7) is 24.0. The van der Waals surface area contributed by atoms with Gasteiger partial charge in [-0.25, -0.2) is 0 Å². The van der Waals surface area contributed by atoms with E-state index in [4.69, 9.17) is 16.2 Å². The van der Waals surface area contributed by atoms with E-state index in [1.165, 1.54) is 51.4 Å². The number of hydrogen-bond donors (Lipinski definition) is 2. The normalized spacial score (nSPS) is 32.8. The second kappa shape index (κ2) is 16.1. The van der Waals surface area contributed by atoms with Crippen LogP contribution in [0.4, 0.5) is 0 Å². The number of ether oxygens (including phenoxy) is 1. The fraction of sp³-hybridized carbons (Fsp3) is 0.907. The Morgan fingerprint density at radius 2 is 1.57 bits per heavy atom. The summed E-state index contributed by atoms with van der Waals surface area (Å²) in [5.41, 5.74) is 14.0. The van der Waals surface area contributed by atoms with Crippen LogP contribution in [0.3, 0.4) is 0 Å². The Balaban J connectivity index is 1.31. The minimum atomic E-state index is -0.361. The van der Waals surface area contributed by atoms with Crippen molar-refractivity contribution in [2.45, 2.75) is 183 Å². The van der Waals surface area contributed by atoms with Crippen molar-refractivity contribution in [2.24, 2.45) is 63.7 Å². The number of carbonyl (C=O) groups is 2. The van der Waals surface area contributed by atoms with Gasteiger partial charge in [-0.15, -0.1) is 0 Å². The van der Waals surface area contributed by atoms with Crippen molar-refractivity contribution in [1.82, 2.24) is 4.90 Å². The zero-order chi connectivity index (χ0) is 36.4. The SMILES string of the molecule is CC[C@H](CC[C@@H](C)C1CCC2C3CC=C4CC(OC(=O)CCC(=O)N(CCC(C)(C)N)CCC(C)(C)N)CCC4(C)C3CCC21C)C(C)C. The summed E-state index contributed by atoms with van der Waals surface area (Å²) in [5.74, 6) is 5.49. The fourth-order valence-electron chi connectivity index (χ4n) is 11.2.